The SMILES string of the molecule is COC(=O)c1ccc(F)c(OC2C[C@H]3CC[C@H](C2)N3C(=O)OC(C)(C)C)c1. The van der Waals surface area contributed by atoms with Crippen LogP contribution >= 0.6 is 0 Å². The Hall–Kier alpha value is -2.31. The van der Waals surface area contributed by atoms with Crippen molar-refractivity contribution in [1.29, 1.82) is 0 Å². The maximum atomic E-state index is 14.1. The summed E-state index contributed by atoms with van der Waals surface area (Å²) in [5, 5.41) is 0. The lowest BCUT2D eigenvalue weighted by Crippen LogP contribution is -2.50. The van der Waals surface area contributed by atoms with E-state index in [1.165, 1.54) is 25.3 Å². The Morgan fingerprint density at radius 2 is 1.78 bits per heavy atom. The van der Waals surface area contributed by atoms with Crippen LogP contribution in [-0.2, 0) is 9.47 Å². The number of carbonyl (C=O) groups excluding carboxylic acids is 2. The van der Waals surface area contributed by atoms with Crippen LogP contribution in [0, 0.1) is 5.82 Å². The third kappa shape index (κ3) is 4.34. The van der Waals surface area contributed by atoms with Crippen LogP contribution in [-0.4, -0.2) is 47.9 Å². The highest BCUT2D eigenvalue weighted by atomic mass is 19.1. The van der Waals surface area contributed by atoms with E-state index in [0.717, 1.165) is 12.8 Å². The molecule has 27 heavy (non-hydrogen) atoms. The van der Waals surface area contributed by atoms with E-state index in [1.807, 2.05) is 25.7 Å². The molecule has 3 rings (SSSR count). The number of fused-ring (bicyclic) bond motifs is 2. The largest absolute Gasteiger partial charge is 0.487 e. The molecule has 148 valence electrons. The van der Waals surface area contributed by atoms with Crippen molar-refractivity contribution in [2.45, 2.75) is 70.2 Å². The summed E-state index contributed by atoms with van der Waals surface area (Å²) in [5.74, 6) is -1.03. The van der Waals surface area contributed by atoms with Gasteiger partial charge in [0.1, 0.15) is 11.7 Å². The number of amides is 1. The van der Waals surface area contributed by atoms with Crippen LogP contribution < -0.4 is 4.74 Å². The lowest BCUT2D eigenvalue weighted by molar-refractivity contribution is -0.00759. The summed E-state index contributed by atoms with van der Waals surface area (Å²) < 4.78 is 30.2. The van der Waals surface area contributed by atoms with Gasteiger partial charge < -0.3 is 19.1 Å². The van der Waals surface area contributed by atoms with Crippen LogP contribution in [0.4, 0.5) is 9.18 Å². The second-order valence-electron chi connectivity index (χ2n) is 8.12. The molecule has 0 N–H and O–H groups in total. The molecule has 2 aliphatic heterocycles. The maximum Gasteiger partial charge on any atom is 0.410 e. The molecule has 2 atom stereocenters. The lowest BCUT2D eigenvalue weighted by atomic mass is 10.00. The molecule has 2 saturated heterocycles. The van der Waals surface area contributed by atoms with Gasteiger partial charge in [-0.25, -0.2) is 14.0 Å². The third-order valence-corrected chi connectivity index (χ3v) is 4.94. The number of methoxy groups -OCH3 is 1. The number of piperidine rings is 1. The van der Waals surface area contributed by atoms with Crippen LogP contribution in [0.15, 0.2) is 18.2 Å². The summed E-state index contributed by atoms with van der Waals surface area (Å²) >= 11 is 0. The maximum absolute atomic E-state index is 14.1. The number of esters is 1. The average Bonchev–Trinajstić information content (AvgIpc) is 2.86. The molecule has 1 aromatic rings. The van der Waals surface area contributed by atoms with Gasteiger partial charge in [0, 0.05) is 24.9 Å². The summed E-state index contributed by atoms with van der Waals surface area (Å²) in [7, 11) is 1.27. The summed E-state index contributed by atoms with van der Waals surface area (Å²) in [4.78, 5) is 26.0. The quantitative estimate of drug-likeness (QED) is 0.745. The van der Waals surface area contributed by atoms with Crippen LogP contribution in [0.5, 0.6) is 5.75 Å². The first kappa shape index (κ1) is 19.5. The van der Waals surface area contributed by atoms with Gasteiger partial charge in [-0.1, -0.05) is 0 Å². The summed E-state index contributed by atoms with van der Waals surface area (Å²) in [6, 6.07) is 3.98. The Morgan fingerprint density at radius 1 is 1.15 bits per heavy atom. The monoisotopic (exact) mass is 379 g/mol. The molecule has 2 bridgehead atoms. The first-order valence-corrected chi connectivity index (χ1v) is 9.24. The molecule has 7 heteroatoms. The molecule has 2 aliphatic rings. The van der Waals surface area contributed by atoms with Crippen LogP contribution in [0.1, 0.15) is 56.8 Å². The molecule has 2 fully saturated rings. The molecule has 2 heterocycles. The van der Waals surface area contributed by atoms with Crippen molar-refractivity contribution in [3.63, 3.8) is 0 Å². The van der Waals surface area contributed by atoms with Crippen molar-refractivity contribution < 1.29 is 28.2 Å². The van der Waals surface area contributed by atoms with Gasteiger partial charge in [-0.3, -0.25) is 0 Å². The number of halogens is 1. The summed E-state index contributed by atoms with van der Waals surface area (Å²) in [5.41, 5.74) is -0.301. The van der Waals surface area contributed by atoms with Gasteiger partial charge in [0.2, 0.25) is 0 Å². The number of hydrogen-bond acceptors (Lipinski definition) is 5. The standard InChI is InChI=1S/C20H26FNO5/c1-20(2,3)27-19(24)22-13-6-7-14(22)11-15(10-13)26-17-9-12(18(23)25-4)5-8-16(17)21/h5,8-9,13-15H,6-7,10-11H2,1-4H3/t13-,14-/m1/s1. The summed E-state index contributed by atoms with van der Waals surface area (Å²) in [6.07, 6.45) is 2.47. The summed E-state index contributed by atoms with van der Waals surface area (Å²) in [6.45, 7) is 5.54. The van der Waals surface area contributed by atoms with E-state index in [1.54, 1.807) is 0 Å². The fraction of sp³-hybridized carbons (Fsp3) is 0.600. The second kappa shape index (κ2) is 7.37. The third-order valence-electron chi connectivity index (χ3n) is 4.94. The highest BCUT2D eigenvalue weighted by molar-refractivity contribution is 5.89. The minimum atomic E-state index is -0.542. The van der Waals surface area contributed by atoms with Gasteiger partial charge in [0.15, 0.2) is 11.6 Å². The van der Waals surface area contributed by atoms with Gasteiger partial charge in [-0.05, 0) is 51.8 Å². The fourth-order valence-electron chi connectivity index (χ4n) is 3.85. The number of ether oxygens (including phenoxy) is 3. The van der Waals surface area contributed by atoms with Crippen molar-refractivity contribution in [1.82, 2.24) is 4.90 Å². The van der Waals surface area contributed by atoms with E-state index < -0.39 is 17.4 Å². The van der Waals surface area contributed by atoms with E-state index in [-0.39, 0.29) is 35.6 Å². The first-order valence-electron chi connectivity index (χ1n) is 9.24. The van der Waals surface area contributed by atoms with Crippen LogP contribution in [0.2, 0.25) is 0 Å². The number of benzene rings is 1. The number of carbonyl (C=O) groups is 2. The van der Waals surface area contributed by atoms with E-state index in [4.69, 9.17) is 9.47 Å². The molecule has 1 aromatic carbocycles. The normalized spacial score (nSPS) is 24.5. The molecule has 0 aliphatic carbocycles. The van der Waals surface area contributed by atoms with Gasteiger partial charge in [-0.15, -0.1) is 0 Å². The van der Waals surface area contributed by atoms with Crippen molar-refractivity contribution in [3.8, 4) is 5.75 Å². The lowest BCUT2D eigenvalue weighted by Gasteiger charge is -2.39. The predicted octanol–water partition coefficient (Wildman–Crippen LogP) is 3.92. The molecular weight excluding hydrogens is 353 g/mol. The topological polar surface area (TPSA) is 65.1 Å². The van der Waals surface area contributed by atoms with Crippen molar-refractivity contribution in [3.05, 3.63) is 29.6 Å². The molecule has 0 radical (unpaired) electrons. The fourth-order valence-corrected chi connectivity index (χ4v) is 3.85. The zero-order chi connectivity index (χ0) is 19.8. The van der Waals surface area contributed by atoms with Crippen LogP contribution in [0.3, 0.4) is 0 Å². The molecule has 0 spiro atoms. The number of hydrogen-bond donors (Lipinski definition) is 0. The molecule has 0 aromatic heterocycles. The van der Waals surface area contributed by atoms with E-state index in [9.17, 15) is 14.0 Å². The van der Waals surface area contributed by atoms with E-state index in [2.05, 4.69) is 4.74 Å². The molecule has 1 amide bonds. The van der Waals surface area contributed by atoms with E-state index in [0.29, 0.717) is 12.8 Å². The highest BCUT2D eigenvalue weighted by Crippen LogP contribution is 2.38. The molecular formula is C20H26FNO5. The average molecular weight is 379 g/mol. The second-order valence-corrected chi connectivity index (χ2v) is 8.12. The molecule has 6 nitrogen and oxygen atoms in total. The molecule has 0 saturated carbocycles. The Balaban J connectivity index is 1.69. The minimum Gasteiger partial charge on any atom is -0.487 e. The van der Waals surface area contributed by atoms with Gasteiger partial charge in [-0.2, -0.15) is 0 Å². The van der Waals surface area contributed by atoms with Crippen LogP contribution in [0.25, 0.3) is 0 Å². The first-order chi connectivity index (χ1) is 12.7. The Kier molecular flexibility index (Phi) is 5.31. The van der Waals surface area contributed by atoms with Gasteiger partial charge in [0.25, 0.3) is 0 Å². The number of rotatable bonds is 3. The highest BCUT2D eigenvalue weighted by Gasteiger charge is 2.45. The smallest absolute Gasteiger partial charge is 0.410 e. The van der Waals surface area contributed by atoms with Gasteiger partial charge >= 0.3 is 12.1 Å². The number of nitrogens with zero attached hydrogens (tertiary/aromatic N) is 1. The zero-order valence-electron chi connectivity index (χ0n) is 16.2. The van der Waals surface area contributed by atoms with E-state index >= 15 is 0 Å². The van der Waals surface area contributed by atoms with Crippen molar-refractivity contribution >= 4 is 12.1 Å². The Bertz CT molecular complexity index is 716. The molecule has 0 unspecified atom stereocenters. The zero-order valence-corrected chi connectivity index (χ0v) is 16.2. The minimum absolute atomic E-state index is 0.0236. The predicted molar refractivity (Wildman–Crippen MR) is 96.3 cm³/mol. The van der Waals surface area contributed by atoms with Crippen molar-refractivity contribution in [2.75, 3.05) is 7.11 Å². The Labute approximate surface area is 158 Å². The van der Waals surface area contributed by atoms with Gasteiger partial charge in [0.05, 0.1) is 12.7 Å². The Morgan fingerprint density at radius 3 is 2.33 bits per heavy atom. The van der Waals surface area contributed by atoms with Crippen molar-refractivity contribution in [2.24, 2.45) is 0 Å².